The van der Waals surface area contributed by atoms with Gasteiger partial charge in [0.25, 0.3) is 5.91 Å². The molecule has 1 N–H and O–H groups in total. The van der Waals surface area contributed by atoms with Crippen molar-refractivity contribution in [1.29, 1.82) is 0 Å². The summed E-state index contributed by atoms with van der Waals surface area (Å²) in [6, 6.07) is 14.8. The third-order valence-electron chi connectivity index (χ3n) is 3.94. The van der Waals surface area contributed by atoms with Gasteiger partial charge in [0, 0.05) is 12.2 Å². The van der Waals surface area contributed by atoms with Gasteiger partial charge in [-0.3, -0.25) is 14.2 Å². The Labute approximate surface area is 149 Å². The Bertz CT molecular complexity index is 931. The first-order chi connectivity index (χ1) is 12.1. The van der Waals surface area contributed by atoms with E-state index in [4.69, 9.17) is 4.74 Å². The van der Waals surface area contributed by atoms with Crippen LogP contribution < -0.4 is 14.9 Å². The number of thiazole rings is 1. The Hall–Kier alpha value is -2.60. The van der Waals surface area contributed by atoms with E-state index in [1.165, 1.54) is 11.3 Å². The van der Waals surface area contributed by atoms with Crippen molar-refractivity contribution in [3.63, 3.8) is 0 Å². The number of aryl methyl sites for hydroxylation is 1. The summed E-state index contributed by atoms with van der Waals surface area (Å²) < 4.78 is 8.35. The zero-order chi connectivity index (χ0) is 17.8. The molecule has 130 valence electrons. The van der Waals surface area contributed by atoms with Crippen LogP contribution >= 0.6 is 11.3 Å². The number of fused-ring (bicyclic) bond motifs is 1. The molecule has 0 aliphatic heterocycles. The second-order valence-corrected chi connectivity index (χ2v) is 6.60. The van der Waals surface area contributed by atoms with Gasteiger partial charge in [-0.2, -0.15) is 0 Å². The number of ether oxygens (including phenoxy) is 1. The van der Waals surface area contributed by atoms with Crippen molar-refractivity contribution in [3.8, 4) is 5.75 Å². The summed E-state index contributed by atoms with van der Waals surface area (Å²) in [6.07, 6.45) is -0.0141. The zero-order valence-electron chi connectivity index (χ0n) is 14.2. The van der Waals surface area contributed by atoms with Crippen LogP contribution in [-0.2, 0) is 11.3 Å². The minimum Gasteiger partial charge on any atom is -0.481 e. The van der Waals surface area contributed by atoms with E-state index in [0.717, 1.165) is 10.2 Å². The molecule has 3 aromatic rings. The molecule has 2 aromatic carbocycles. The Morgan fingerprint density at radius 1 is 1.20 bits per heavy atom. The van der Waals surface area contributed by atoms with Crippen LogP contribution in [-0.4, -0.2) is 16.6 Å². The van der Waals surface area contributed by atoms with Crippen molar-refractivity contribution in [3.05, 3.63) is 58.2 Å². The van der Waals surface area contributed by atoms with Gasteiger partial charge in [-0.1, -0.05) is 36.5 Å². The van der Waals surface area contributed by atoms with Crippen molar-refractivity contribution in [2.75, 3.05) is 5.32 Å². The third kappa shape index (κ3) is 3.74. The number of hydrogen-bond donors (Lipinski definition) is 1. The Morgan fingerprint density at radius 3 is 2.64 bits per heavy atom. The highest BCUT2D eigenvalue weighted by Gasteiger charge is 2.19. The fraction of sp³-hybridized carbons (Fsp3) is 0.263. The maximum atomic E-state index is 12.5. The molecule has 0 radical (unpaired) electrons. The number of carbonyl (C=O) groups is 1. The van der Waals surface area contributed by atoms with Gasteiger partial charge < -0.3 is 10.1 Å². The standard InChI is InChI=1S/C19H20N2O3S/c1-3-16(24-14-8-6-5-7-9-14)18(22)20-13-10-11-15-17(12-13)25-19(23)21(15)4-2/h5-12,16H,3-4H2,1-2H3,(H,20,22)/t16-/m1/s1. The monoisotopic (exact) mass is 356 g/mol. The molecule has 1 heterocycles. The van der Waals surface area contributed by atoms with E-state index in [1.54, 1.807) is 4.57 Å². The van der Waals surface area contributed by atoms with E-state index in [-0.39, 0.29) is 10.8 Å². The van der Waals surface area contributed by atoms with Gasteiger partial charge in [-0.05, 0) is 43.7 Å². The highest BCUT2D eigenvalue weighted by Crippen LogP contribution is 2.22. The van der Waals surface area contributed by atoms with E-state index in [1.807, 2.05) is 62.4 Å². The van der Waals surface area contributed by atoms with E-state index < -0.39 is 6.10 Å². The number of nitrogens with one attached hydrogen (secondary N) is 1. The normalized spacial score (nSPS) is 12.1. The summed E-state index contributed by atoms with van der Waals surface area (Å²) in [4.78, 5) is 24.5. The molecular formula is C19H20N2O3S. The SMILES string of the molecule is CC[C@@H](Oc1ccccc1)C(=O)Nc1ccc2c(c1)sc(=O)n2CC. The van der Waals surface area contributed by atoms with Crippen LogP contribution in [0.15, 0.2) is 53.3 Å². The van der Waals surface area contributed by atoms with Crippen LogP contribution in [0.5, 0.6) is 5.75 Å². The highest BCUT2D eigenvalue weighted by molar-refractivity contribution is 7.16. The smallest absolute Gasteiger partial charge is 0.308 e. The molecule has 0 bridgehead atoms. The van der Waals surface area contributed by atoms with E-state index in [0.29, 0.717) is 24.4 Å². The van der Waals surface area contributed by atoms with Crippen molar-refractivity contribution in [2.24, 2.45) is 0 Å². The Balaban J connectivity index is 1.77. The average molecular weight is 356 g/mol. The first-order valence-corrected chi connectivity index (χ1v) is 9.10. The topological polar surface area (TPSA) is 60.3 Å². The lowest BCUT2D eigenvalue weighted by Crippen LogP contribution is -2.32. The number of hydrogen-bond acceptors (Lipinski definition) is 4. The Kier molecular flexibility index (Phi) is 5.19. The van der Waals surface area contributed by atoms with Gasteiger partial charge in [0.2, 0.25) is 0 Å². The lowest BCUT2D eigenvalue weighted by Gasteiger charge is -2.17. The molecule has 3 rings (SSSR count). The van der Waals surface area contributed by atoms with Gasteiger partial charge in [-0.25, -0.2) is 0 Å². The van der Waals surface area contributed by atoms with E-state index >= 15 is 0 Å². The Morgan fingerprint density at radius 2 is 1.96 bits per heavy atom. The van der Waals surface area contributed by atoms with Crippen LogP contribution in [0.25, 0.3) is 10.2 Å². The molecule has 0 spiro atoms. The summed E-state index contributed by atoms with van der Waals surface area (Å²) in [5, 5.41) is 2.88. The second kappa shape index (κ2) is 7.53. The predicted molar refractivity (Wildman–Crippen MR) is 102 cm³/mol. The molecular weight excluding hydrogens is 336 g/mol. The van der Waals surface area contributed by atoms with Crippen LogP contribution in [0, 0.1) is 0 Å². The lowest BCUT2D eigenvalue weighted by molar-refractivity contribution is -0.122. The lowest BCUT2D eigenvalue weighted by atomic mass is 10.2. The van der Waals surface area contributed by atoms with Gasteiger partial charge in [0.1, 0.15) is 5.75 Å². The molecule has 6 heteroatoms. The molecule has 0 aliphatic rings. The first-order valence-electron chi connectivity index (χ1n) is 8.28. The van der Waals surface area contributed by atoms with Gasteiger partial charge in [-0.15, -0.1) is 0 Å². The quantitative estimate of drug-likeness (QED) is 0.729. The third-order valence-corrected chi connectivity index (χ3v) is 4.88. The minimum absolute atomic E-state index is 0.0137. The maximum Gasteiger partial charge on any atom is 0.308 e. The number of aromatic nitrogens is 1. The average Bonchev–Trinajstić information content (AvgIpc) is 2.94. The van der Waals surface area contributed by atoms with Crippen LogP contribution in [0.2, 0.25) is 0 Å². The fourth-order valence-corrected chi connectivity index (χ4v) is 3.65. The minimum atomic E-state index is -0.572. The van der Waals surface area contributed by atoms with Crippen LogP contribution in [0.1, 0.15) is 20.3 Å². The molecule has 5 nitrogen and oxygen atoms in total. The molecule has 0 saturated carbocycles. The molecule has 0 saturated heterocycles. The maximum absolute atomic E-state index is 12.5. The van der Waals surface area contributed by atoms with Crippen molar-refractivity contribution < 1.29 is 9.53 Å². The van der Waals surface area contributed by atoms with Crippen molar-refractivity contribution >= 4 is 33.1 Å². The first kappa shape index (κ1) is 17.2. The van der Waals surface area contributed by atoms with Crippen LogP contribution in [0.4, 0.5) is 5.69 Å². The summed E-state index contributed by atoms with van der Waals surface area (Å²) >= 11 is 1.19. The number of carbonyl (C=O) groups excluding carboxylic acids is 1. The number of nitrogens with zero attached hydrogens (tertiary/aromatic N) is 1. The number of benzene rings is 2. The number of anilines is 1. The second-order valence-electron chi connectivity index (χ2n) is 5.61. The highest BCUT2D eigenvalue weighted by atomic mass is 32.1. The summed E-state index contributed by atoms with van der Waals surface area (Å²) in [6.45, 7) is 4.48. The molecule has 1 amide bonds. The molecule has 1 aromatic heterocycles. The molecule has 0 fully saturated rings. The number of para-hydroxylation sites is 1. The zero-order valence-corrected chi connectivity index (χ0v) is 15.0. The van der Waals surface area contributed by atoms with Gasteiger partial charge in [0.15, 0.2) is 6.10 Å². The molecule has 0 unspecified atom stereocenters. The van der Waals surface area contributed by atoms with Crippen molar-refractivity contribution in [2.45, 2.75) is 32.9 Å². The largest absolute Gasteiger partial charge is 0.481 e. The van der Waals surface area contributed by atoms with Gasteiger partial charge >= 0.3 is 4.87 Å². The fourth-order valence-electron chi connectivity index (χ4n) is 2.65. The number of amides is 1. The predicted octanol–water partition coefficient (Wildman–Crippen LogP) is 3.88. The molecule has 0 aliphatic carbocycles. The van der Waals surface area contributed by atoms with Crippen LogP contribution in [0.3, 0.4) is 0 Å². The molecule has 25 heavy (non-hydrogen) atoms. The van der Waals surface area contributed by atoms with Crippen molar-refractivity contribution in [1.82, 2.24) is 4.57 Å². The van der Waals surface area contributed by atoms with E-state index in [9.17, 15) is 9.59 Å². The summed E-state index contributed by atoms with van der Waals surface area (Å²) in [5.74, 6) is 0.464. The summed E-state index contributed by atoms with van der Waals surface area (Å²) in [5.41, 5.74) is 1.56. The molecule has 1 atom stereocenters. The van der Waals surface area contributed by atoms with Gasteiger partial charge in [0.05, 0.1) is 10.2 Å². The van der Waals surface area contributed by atoms with E-state index in [2.05, 4.69) is 5.32 Å². The number of rotatable bonds is 6. The summed E-state index contributed by atoms with van der Waals surface area (Å²) in [7, 11) is 0.